The highest BCUT2D eigenvalue weighted by atomic mass is 35.5. The molecule has 19 heavy (non-hydrogen) atoms. The summed E-state index contributed by atoms with van der Waals surface area (Å²) in [5.41, 5.74) is 2.51. The Kier molecular flexibility index (Phi) is 4.45. The molecule has 1 amide bonds. The lowest BCUT2D eigenvalue weighted by molar-refractivity contribution is 0.0786. The number of carbonyl (C=O) groups is 1. The maximum atomic E-state index is 12.4. The monoisotopic (exact) mass is 294 g/mol. The maximum absolute atomic E-state index is 12.4. The number of hydrogen-bond donors (Lipinski definition) is 1. The molecule has 2 rings (SSSR count). The first-order valence-corrected chi connectivity index (χ1v) is 7.17. The predicted molar refractivity (Wildman–Crippen MR) is 81.1 cm³/mol. The molecule has 2 aromatic rings. The molecule has 100 valence electrons. The van der Waals surface area contributed by atoms with Crippen LogP contribution < -0.4 is 5.32 Å². The maximum Gasteiger partial charge on any atom is 0.256 e. The first-order chi connectivity index (χ1) is 9.11. The van der Waals surface area contributed by atoms with Crippen LogP contribution in [0.1, 0.15) is 15.9 Å². The van der Waals surface area contributed by atoms with Gasteiger partial charge in [-0.25, -0.2) is 0 Å². The fourth-order valence-corrected chi connectivity index (χ4v) is 2.68. The van der Waals surface area contributed by atoms with Gasteiger partial charge in [-0.1, -0.05) is 11.6 Å². The van der Waals surface area contributed by atoms with Gasteiger partial charge in [-0.2, -0.15) is 11.3 Å². The number of hydrogen-bond acceptors (Lipinski definition) is 3. The Morgan fingerprint density at radius 3 is 2.84 bits per heavy atom. The van der Waals surface area contributed by atoms with Crippen molar-refractivity contribution in [2.45, 2.75) is 6.54 Å². The minimum atomic E-state index is -0.0435. The summed E-state index contributed by atoms with van der Waals surface area (Å²) in [7, 11) is 3.58. The normalized spacial score (nSPS) is 10.3. The van der Waals surface area contributed by atoms with Crippen LogP contribution in [0.3, 0.4) is 0 Å². The SMILES string of the molecule is CNc1ccc(Cl)cc1C(=O)N(C)Cc1ccsc1. The number of rotatable bonds is 4. The van der Waals surface area contributed by atoms with Gasteiger partial charge in [-0.3, -0.25) is 4.79 Å². The molecule has 1 aromatic heterocycles. The third-order valence-corrected chi connectivity index (χ3v) is 3.80. The van der Waals surface area contributed by atoms with Gasteiger partial charge in [-0.15, -0.1) is 0 Å². The van der Waals surface area contributed by atoms with Crippen molar-refractivity contribution < 1.29 is 4.79 Å². The summed E-state index contributed by atoms with van der Waals surface area (Å²) in [6.45, 7) is 0.595. The van der Waals surface area contributed by atoms with E-state index in [0.29, 0.717) is 17.1 Å². The number of halogens is 1. The quantitative estimate of drug-likeness (QED) is 0.932. The lowest BCUT2D eigenvalue weighted by Gasteiger charge is -2.18. The average Bonchev–Trinajstić information content (AvgIpc) is 2.90. The van der Waals surface area contributed by atoms with E-state index in [1.54, 1.807) is 42.5 Å². The second-order valence-electron chi connectivity index (χ2n) is 4.23. The van der Waals surface area contributed by atoms with Crippen LogP contribution >= 0.6 is 22.9 Å². The molecule has 0 unspecified atom stereocenters. The molecule has 0 spiro atoms. The molecule has 0 atom stereocenters. The Balaban J connectivity index is 2.21. The lowest BCUT2D eigenvalue weighted by atomic mass is 10.1. The van der Waals surface area contributed by atoms with Crippen molar-refractivity contribution in [3.63, 3.8) is 0 Å². The molecule has 0 bridgehead atoms. The molecule has 1 N–H and O–H groups in total. The van der Waals surface area contributed by atoms with Crippen LogP contribution in [0.4, 0.5) is 5.69 Å². The third kappa shape index (κ3) is 3.28. The van der Waals surface area contributed by atoms with E-state index >= 15 is 0 Å². The zero-order chi connectivity index (χ0) is 13.8. The summed E-state index contributed by atoms with van der Waals surface area (Å²) in [5, 5.41) is 7.62. The number of anilines is 1. The van der Waals surface area contributed by atoms with Crippen molar-refractivity contribution in [1.82, 2.24) is 4.90 Å². The zero-order valence-corrected chi connectivity index (χ0v) is 12.4. The van der Waals surface area contributed by atoms with Crippen LogP contribution in [-0.2, 0) is 6.54 Å². The number of thiophene rings is 1. The van der Waals surface area contributed by atoms with E-state index in [9.17, 15) is 4.79 Å². The molecule has 0 aliphatic rings. The Hall–Kier alpha value is -1.52. The van der Waals surface area contributed by atoms with E-state index in [1.165, 1.54) is 0 Å². The molecular formula is C14H15ClN2OS. The molecule has 1 aromatic carbocycles. The minimum Gasteiger partial charge on any atom is -0.387 e. The van der Waals surface area contributed by atoms with Gasteiger partial charge in [0.25, 0.3) is 5.91 Å². The summed E-state index contributed by atoms with van der Waals surface area (Å²) in [5.74, 6) is -0.0435. The number of nitrogens with zero attached hydrogens (tertiary/aromatic N) is 1. The topological polar surface area (TPSA) is 32.3 Å². The van der Waals surface area contributed by atoms with E-state index in [1.807, 2.05) is 22.9 Å². The van der Waals surface area contributed by atoms with E-state index in [2.05, 4.69) is 5.32 Å². The van der Waals surface area contributed by atoms with Crippen LogP contribution in [0.2, 0.25) is 5.02 Å². The first kappa shape index (κ1) is 13.9. The van der Waals surface area contributed by atoms with Crippen molar-refractivity contribution in [3.05, 3.63) is 51.2 Å². The molecule has 5 heteroatoms. The minimum absolute atomic E-state index is 0.0435. The predicted octanol–water partition coefficient (Wildman–Crippen LogP) is 3.72. The number of carbonyl (C=O) groups excluding carboxylic acids is 1. The molecule has 1 heterocycles. The van der Waals surface area contributed by atoms with Crippen molar-refractivity contribution in [2.75, 3.05) is 19.4 Å². The zero-order valence-electron chi connectivity index (χ0n) is 10.8. The fraction of sp³-hybridized carbons (Fsp3) is 0.214. The summed E-state index contributed by atoms with van der Waals surface area (Å²) in [6.07, 6.45) is 0. The molecule has 0 aliphatic heterocycles. The van der Waals surface area contributed by atoms with Gasteiger partial charge in [0.05, 0.1) is 5.56 Å². The van der Waals surface area contributed by atoms with Crippen molar-refractivity contribution in [2.24, 2.45) is 0 Å². The molecule has 0 radical (unpaired) electrons. The second kappa shape index (κ2) is 6.08. The van der Waals surface area contributed by atoms with E-state index in [0.717, 1.165) is 11.3 Å². The van der Waals surface area contributed by atoms with Crippen LogP contribution in [0, 0.1) is 0 Å². The Morgan fingerprint density at radius 2 is 2.21 bits per heavy atom. The van der Waals surface area contributed by atoms with Gasteiger partial charge >= 0.3 is 0 Å². The highest BCUT2D eigenvalue weighted by Crippen LogP contribution is 2.22. The molecule has 0 fully saturated rings. The largest absolute Gasteiger partial charge is 0.387 e. The van der Waals surface area contributed by atoms with Crippen molar-refractivity contribution in [3.8, 4) is 0 Å². The smallest absolute Gasteiger partial charge is 0.256 e. The molecule has 0 saturated heterocycles. The standard InChI is InChI=1S/C14H15ClN2OS/c1-16-13-4-3-11(15)7-12(13)14(18)17(2)8-10-5-6-19-9-10/h3-7,9,16H,8H2,1-2H3. The summed E-state index contributed by atoms with van der Waals surface area (Å²) in [6, 6.07) is 7.29. The second-order valence-corrected chi connectivity index (χ2v) is 5.45. The van der Waals surface area contributed by atoms with E-state index in [4.69, 9.17) is 11.6 Å². The van der Waals surface area contributed by atoms with Gasteiger partial charge in [0.2, 0.25) is 0 Å². The van der Waals surface area contributed by atoms with Gasteiger partial charge in [0.15, 0.2) is 0 Å². The number of benzene rings is 1. The summed E-state index contributed by atoms with van der Waals surface area (Å²) < 4.78 is 0. The number of nitrogens with one attached hydrogen (secondary N) is 1. The first-order valence-electron chi connectivity index (χ1n) is 5.85. The Labute approximate surface area is 121 Å². The van der Waals surface area contributed by atoms with Gasteiger partial charge in [-0.05, 0) is 40.6 Å². The van der Waals surface area contributed by atoms with Crippen LogP contribution in [0.15, 0.2) is 35.0 Å². The fourth-order valence-electron chi connectivity index (χ4n) is 1.85. The summed E-state index contributed by atoms with van der Waals surface area (Å²) in [4.78, 5) is 14.1. The van der Waals surface area contributed by atoms with Gasteiger partial charge in [0.1, 0.15) is 0 Å². The number of amides is 1. The lowest BCUT2D eigenvalue weighted by Crippen LogP contribution is -2.26. The summed E-state index contributed by atoms with van der Waals surface area (Å²) >= 11 is 7.60. The average molecular weight is 295 g/mol. The highest BCUT2D eigenvalue weighted by molar-refractivity contribution is 7.07. The van der Waals surface area contributed by atoms with Gasteiger partial charge < -0.3 is 10.2 Å². The Bertz CT molecular complexity index is 569. The third-order valence-electron chi connectivity index (χ3n) is 2.83. The van der Waals surface area contributed by atoms with Gasteiger partial charge in [0, 0.05) is 31.4 Å². The molecule has 0 saturated carbocycles. The van der Waals surface area contributed by atoms with Crippen LogP contribution in [0.5, 0.6) is 0 Å². The Morgan fingerprint density at radius 1 is 1.42 bits per heavy atom. The van der Waals surface area contributed by atoms with E-state index in [-0.39, 0.29) is 5.91 Å². The molecular weight excluding hydrogens is 280 g/mol. The molecule has 0 aliphatic carbocycles. The highest BCUT2D eigenvalue weighted by Gasteiger charge is 2.16. The van der Waals surface area contributed by atoms with Crippen molar-refractivity contribution >= 4 is 34.5 Å². The van der Waals surface area contributed by atoms with E-state index < -0.39 is 0 Å². The van der Waals surface area contributed by atoms with Crippen LogP contribution in [0.25, 0.3) is 0 Å². The molecule has 3 nitrogen and oxygen atoms in total. The van der Waals surface area contributed by atoms with Crippen molar-refractivity contribution in [1.29, 1.82) is 0 Å². The van der Waals surface area contributed by atoms with Crippen LogP contribution in [-0.4, -0.2) is 24.9 Å².